The Morgan fingerprint density at radius 2 is 1.76 bits per heavy atom. The van der Waals surface area contributed by atoms with Gasteiger partial charge in [-0.25, -0.2) is 21.6 Å². The van der Waals surface area contributed by atoms with E-state index in [2.05, 4.69) is 5.32 Å². The smallest absolute Gasteiger partial charge is 0.246 e. The van der Waals surface area contributed by atoms with Crippen LogP contribution in [0.15, 0.2) is 47.4 Å². The van der Waals surface area contributed by atoms with E-state index >= 15 is 0 Å². The van der Waals surface area contributed by atoms with Crippen molar-refractivity contribution in [1.29, 1.82) is 0 Å². The Kier molecular flexibility index (Phi) is 6.00. The second-order valence-corrected chi connectivity index (χ2v) is 9.29. The van der Waals surface area contributed by atoms with Crippen LogP contribution in [0.1, 0.15) is 25.3 Å². The molecule has 0 spiro atoms. The fourth-order valence-corrected chi connectivity index (χ4v) is 5.05. The summed E-state index contributed by atoms with van der Waals surface area (Å²) in [6, 6.07) is 7.96. The van der Waals surface area contributed by atoms with E-state index in [9.17, 15) is 26.4 Å². The average Bonchev–Trinajstić information content (AvgIpc) is 2.67. The molecule has 0 radical (unpaired) electrons. The summed E-state index contributed by atoms with van der Waals surface area (Å²) in [6.45, 7) is 1.84. The van der Waals surface area contributed by atoms with Crippen LogP contribution in [-0.2, 0) is 21.4 Å². The molecule has 156 valence electrons. The second kappa shape index (κ2) is 8.16. The summed E-state index contributed by atoms with van der Waals surface area (Å²) in [6.07, 6.45) is 0.878. The highest BCUT2D eigenvalue weighted by Crippen LogP contribution is 2.33. The van der Waals surface area contributed by atoms with Crippen molar-refractivity contribution in [3.05, 3.63) is 65.5 Å². The normalized spacial score (nSPS) is 20.4. The molecular formula is C20H21F3N2O3S. The van der Waals surface area contributed by atoms with E-state index in [1.54, 1.807) is 19.1 Å². The van der Waals surface area contributed by atoms with Crippen LogP contribution in [0.4, 0.5) is 13.2 Å². The summed E-state index contributed by atoms with van der Waals surface area (Å²) in [5, 5.41) is 2.75. The van der Waals surface area contributed by atoms with Gasteiger partial charge < -0.3 is 5.32 Å². The number of carbonyl (C=O) groups excluding carboxylic acids is 1. The highest BCUT2D eigenvalue weighted by atomic mass is 32.2. The molecule has 2 aromatic carbocycles. The van der Waals surface area contributed by atoms with Crippen LogP contribution in [0.2, 0.25) is 0 Å². The first-order valence-electron chi connectivity index (χ1n) is 9.10. The Bertz CT molecular complexity index is 1010. The van der Waals surface area contributed by atoms with E-state index in [4.69, 9.17) is 0 Å². The van der Waals surface area contributed by atoms with E-state index in [1.165, 1.54) is 12.1 Å². The number of carbonyl (C=O) groups is 1. The summed E-state index contributed by atoms with van der Waals surface area (Å²) in [7, 11) is -4.22. The van der Waals surface area contributed by atoms with Gasteiger partial charge in [-0.05, 0) is 49.6 Å². The third-order valence-electron chi connectivity index (χ3n) is 5.09. The third kappa shape index (κ3) is 4.62. The fraction of sp³-hybridized carbons (Fsp3) is 0.350. The van der Waals surface area contributed by atoms with Gasteiger partial charge in [0.1, 0.15) is 22.3 Å². The monoisotopic (exact) mass is 426 g/mol. The maximum Gasteiger partial charge on any atom is 0.246 e. The molecule has 1 atom stereocenters. The molecule has 0 aromatic heterocycles. The summed E-state index contributed by atoms with van der Waals surface area (Å²) < 4.78 is 66.9. The Labute approximate surface area is 167 Å². The molecule has 1 fully saturated rings. The van der Waals surface area contributed by atoms with Crippen LogP contribution in [0, 0.1) is 22.9 Å². The van der Waals surface area contributed by atoms with Gasteiger partial charge in [0.2, 0.25) is 15.9 Å². The van der Waals surface area contributed by atoms with Gasteiger partial charge in [-0.2, -0.15) is 4.31 Å². The Morgan fingerprint density at radius 1 is 1.10 bits per heavy atom. The van der Waals surface area contributed by atoms with Crippen LogP contribution in [0.5, 0.6) is 0 Å². The maximum atomic E-state index is 14.0. The molecule has 0 unspecified atom stereocenters. The van der Waals surface area contributed by atoms with Gasteiger partial charge in [-0.1, -0.05) is 12.1 Å². The predicted molar refractivity (Wildman–Crippen MR) is 101 cm³/mol. The number of hydrogen-bond acceptors (Lipinski definition) is 3. The van der Waals surface area contributed by atoms with Gasteiger partial charge in [-0.15, -0.1) is 0 Å². The lowest BCUT2D eigenvalue weighted by Crippen LogP contribution is -2.51. The Balaban J connectivity index is 1.74. The predicted octanol–water partition coefficient (Wildman–Crippen LogP) is 3.21. The number of nitrogens with zero attached hydrogens (tertiary/aromatic N) is 1. The highest BCUT2D eigenvalue weighted by molar-refractivity contribution is 7.89. The SMILES string of the molecule is C[C@@]1(C(=O)NCc2ccc(F)cc2)CCCN(S(=O)(=O)c2ccc(F)cc2F)C1. The lowest BCUT2D eigenvalue weighted by Gasteiger charge is -2.38. The fourth-order valence-electron chi connectivity index (χ4n) is 3.40. The summed E-state index contributed by atoms with van der Waals surface area (Å²) in [5.74, 6) is -2.77. The topological polar surface area (TPSA) is 66.5 Å². The molecule has 1 saturated heterocycles. The van der Waals surface area contributed by atoms with Crippen LogP contribution in [0.3, 0.4) is 0 Å². The first-order valence-corrected chi connectivity index (χ1v) is 10.5. The minimum Gasteiger partial charge on any atom is -0.352 e. The summed E-state index contributed by atoms with van der Waals surface area (Å²) >= 11 is 0. The maximum absolute atomic E-state index is 14.0. The van der Waals surface area contributed by atoms with E-state index < -0.39 is 32.0 Å². The summed E-state index contributed by atoms with van der Waals surface area (Å²) in [4.78, 5) is 12.1. The van der Waals surface area contributed by atoms with Crippen molar-refractivity contribution < 1.29 is 26.4 Å². The molecule has 1 amide bonds. The molecular weight excluding hydrogens is 405 g/mol. The van der Waals surface area contributed by atoms with Gasteiger partial charge >= 0.3 is 0 Å². The molecule has 1 aliphatic rings. The van der Waals surface area contributed by atoms with Crippen molar-refractivity contribution in [2.75, 3.05) is 13.1 Å². The van der Waals surface area contributed by atoms with Crippen LogP contribution >= 0.6 is 0 Å². The van der Waals surface area contributed by atoms with Crippen molar-refractivity contribution in [2.45, 2.75) is 31.2 Å². The number of amides is 1. The zero-order chi connectivity index (χ0) is 21.2. The lowest BCUT2D eigenvalue weighted by atomic mass is 9.82. The number of benzene rings is 2. The number of piperidine rings is 1. The minimum absolute atomic E-state index is 0.124. The van der Waals surface area contributed by atoms with Crippen molar-refractivity contribution in [2.24, 2.45) is 5.41 Å². The molecule has 0 bridgehead atoms. The molecule has 9 heteroatoms. The lowest BCUT2D eigenvalue weighted by molar-refractivity contribution is -0.132. The van der Waals surface area contributed by atoms with Crippen LogP contribution in [-0.4, -0.2) is 31.7 Å². The van der Waals surface area contributed by atoms with Crippen molar-refractivity contribution in [3.63, 3.8) is 0 Å². The number of rotatable bonds is 5. The largest absolute Gasteiger partial charge is 0.352 e. The van der Waals surface area contributed by atoms with Gasteiger partial charge in [-0.3, -0.25) is 4.79 Å². The molecule has 3 rings (SSSR count). The zero-order valence-corrected chi connectivity index (χ0v) is 16.6. The molecule has 5 nitrogen and oxygen atoms in total. The number of hydrogen-bond donors (Lipinski definition) is 1. The van der Waals surface area contributed by atoms with E-state index in [1.807, 2.05) is 0 Å². The molecule has 1 N–H and O–H groups in total. The van der Waals surface area contributed by atoms with E-state index in [-0.39, 0.29) is 31.4 Å². The second-order valence-electron chi connectivity index (χ2n) is 7.39. The van der Waals surface area contributed by atoms with Gasteiger partial charge in [0, 0.05) is 25.7 Å². The van der Waals surface area contributed by atoms with E-state index in [0.717, 1.165) is 16.4 Å². The highest BCUT2D eigenvalue weighted by Gasteiger charge is 2.42. The number of sulfonamides is 1. The molecule has 1 heterocycles. The Hall–Kier alpha value is -2.39. The minimum atomic E-state index is -4.22. The number of halogens is 3. The third-order valence-corrected chi connectivity index (χ3v) is 6.97. The first kappa shape index (κ1) is 21.3. The first-order chi connectivity index (χ1) is 13.6. The molecule has 0 saturated carbocycles. The van der Waals surface area contributed by atoms with Gasteiger partial charge in [0.05, 0.1) is 5.41 Å². The van der Waals surface area contributed by atoms with Crippen molar-refractivity contribution in [3.8, 4) is 0 Å². The van der Waals surface area contributed by atoms with Gasteiger partial charge in [0.25, 0.3) is 0 Å². The van der Waals surface area contributed by atoms with Crippen molar-refractivity contribution in [1.82, 2.24) is 9.62 Å². The molecule has 0 aliphatic carbocycles. The molecule has 2 aromatic rings. The Morgan fingerprint density at radius 3 is 2.41 bits per heavy atom. The number of nitrogens with one attached hydrogen (secondary N) is 1. The van der Waals surface area contributed by atoms with E-state index in [0.29, 0.717) is 24.5 Å². The average molecular weight is 426 g/mol. The van der Waals surface area contributed by atoms with Crippen LogP contribution < -0.4 is 5.32 Å². The van der Waals surface area contributed by atoms with Crippen molar-refractivity contribution >= 4 is 15.9 Å². The molecule has 1 aliphatic heterocycles. The zero-order valence-electron chi connectivity index (χ0n) is 15.8. The van der Waals surface area contributed by atoms with Gasteiger partial charge in [0.15, 0.2) is 0 Å². The van der Waals surface area contributed by atoms with Crippen LogP contribution in [0.25, 0.3) is 0 Å². The molecule has 29 heavy (non-hydrogen) atoms. The summed E-state index contributed by atoms with van der Waals surface area (Å²) in [5.41, 5.74) is -0.306. The quantitative estimate of drug-likeness (QED) is 0.799. The standard InChI is InChI=1S/C20H21F3N2O3S/c1-20(19(26)24-12-14-3-5-15(21)6-4-14)9-2-10-25(13-20)29(27,28)18-8-7-16(22)11-17(18)23/h3-8,11H,2,9-10,12-13H2,1H3,(H,24,26)/t20-/m1/s1.